The Kier molecular flexibility index (Phi) is 7.82. The Hall–Kier alpha value is -1.24. The molecule has 0 radical (unpaired) electrons. The maximum atomic E-state index is 6.58. The number of fused-ring (bicyclic) bond motifs is 1. The fourth-order valence-electron chi connectivity index (χ4n) is 3.56. The van der Waals surface area contributed by atoms with Gasteiger partial charge in [-0.2, -0.15) is 0 Å². The van der Waals surface area contributed by atoms with E-state index in [0.717, 1.165) is 0 Å². The molecular weight excluding hydrogens is 368 g/mol. The Morgan fingerprint density at radius 1 is 0.786 bits per heavy atom. The van der Waals surface area contributed by atoms with E-state index < -0.39 is 14.6 Å². The molecule has 0 N–H and O–H groups in total. The van der Waals surface area contributed by atoms with Gasteiger partial charge in [-0.1, -0.05) is 42.5 Å². The van der Waals surface area contributed by atoms with Crippen molar-refractivity contribution in [1.82, 2.24) is 0 Å². The number of benzene rings is 2. The van der Waals surface area contributed by atoms with Crippen molar-refractivity contribution in [2.45, 2.75) is 85.5 Å². The summed E-state index contributed by atoms with van der Waals surface area (Å²) in [7, 11) is -3.11. The van der Waals surface area contributed by atoms with E-state index in [1.54, 1.807) is 0 Å². The third-order valence-corrected chi connectivity index (χ3v) is 7.32. The highest BCUT2D eigenvalue weighted by atomic mass is 28.4. The molecular formula is C23H36O4Si. The monoisotopic (exact) mass is 404 g/mol. The van der Waals surface area contributed by atoms with E-state index in [4.69, 9.17) is 18.0 Å². The van der Waals surface area contributed by atoms with E-state index in [1.165, 1.54) is 16.3 Å². The summed E-state index contributed by atoms with van der Waals surface area (Å²) in [5, 5.41) is 2.41. The van der Waals surface area contributed by atoms with Crippen LogP contribution < -0.4 is 0 Å². The molecule has 28 heavy (non-hydrogen) atoms. The third kappa shape index (κ3) is 6.67. The van der Waals surface area contributed by atoms with E-state index in [1.807, 2.05) is 55.4 Å². The first-order chi connectivity index (χ1) is 13.0. The van der Waals surface area contributed by atoms with Crippen molar-refractivity contribution in [3.05, 3.63) is 48.0 Å². The zero-order valence-electron chi connectivity index (χ0n) is 18.6. The van der Waals surface area contributed by atoms with Gasteiger partial charge < -0.3 is 18.0 Å². The van der Waals surface area contributed by atoms with Gasteiger partial charge in [0.15, 0.2) is 5.79 Å². The molecule has 0 unspecified atom stereocenters. The molecule has 2 aromatic rings. The second kappa shape index (κ2) is 9.50. The molecule has 0 fully saturated rings. The van der Waals surface area contributed by atoms with Gasteiger partial charge in [0, 0.05) is 18.3 Å². The van der Waals surface area contributed by atoms with Gasteiger partial charge in [-0.25, -0.2) is 0 Å². The van der Waals surface area contributed by atoms with E-state index in [0.29, 0.717) is 6.04 Å². The number of rotatable bonds is 10. The van der Waals surface area contributed by atoms with Gasteiger partial charge in [0.2, 0.25) is 0 Å². The minimum absolute atomic E-state index is 0.0183. The summed E-state index contributed by atoms with van der Waals surface area (Å²) >= 11 is 0. The first kappa shape index (κ1) is 23.0. The maximum Gasteiger partial charge on any atom is 0.508 e. The Bertz CT molecular complexity index is 740. The maximum absolute atomic E-state index is 6.58. The van der Waals surface area contributed by atoms with Crippen LogP contribution in [0.1, 0.15) is 61.0 Å². The van der Waals surface area contributed by atoms with Crippen LogP contribution >= 0.6 is 0 Å². The molecule has 0 aliphatic rings. The molecule has 5 heteroatoms. The molecule has 0 aliphatic heterocycles. The van der Waals surface area contributed by atoms with Crippen LogP contribution in [0.4, 0.5) is 0 Å². The lowest BCUT2D eigenvalue weighted by Gasteiger charge is -2.40. The lowest BCUT2D eigenvalue weighted by atomic mass is 10.1. The van der Waals surface area contributed by atoms with Crippen LogP contribution in [0.25, 0.3) is 10.8 Å². The quantitative estimate of drug-likeness (QED) is 0.365. The van der Waals surface area contributed by atoms with Crippen LogP contribution in [0.15, 0.2) is 42.5 Å². The average Bonchev–Trinajstić information content (AvgIpc) is 2.51. The number of hydrogen-bond acceptors (Lipinski definition) is 4. The summed E-state index contributed by atoms with van der Waals surface area (Å²) in [6.45, 7) is 16.0. The fraction of sp³-hybridized carbons (Fsp3) is 0.565. The average molecular weight is 405 g/mol. The van der Waals surface area contributed by atoms with Crippen LogP contribution in [0.5, 0.6) is 0 Å². The normalized spacial score (nSPS) is 13.2. The van der Waals surface area contributed by atoms with Gasteiger partial charge in [-0.05, 0) is 71.7 Å². The van der Waals surface area contributed by atoms with Crippen molar-refractivity contribution in [1.29, 1.82) is 0 Å². The molecule has 0 amide bonds. The van der Waals surface area contributed by atoms with Crippen molar-refractivity contribution < 1.29 is 18.0 Å². The highest BCUT2D eigenvalue weighted by Crippen LogP contribution is 2.30. The Morgan fingerprint density at radius 2 is 1.36 bits per heavy atom. The molecule has 156 valence electrons. The van der Waals surface area contributed by atoms with Gasteiger partial charge in [-0.15, -0.1) is 0 Å². The van der Waals surface area contributed by atoms with Crippen LogP contribution in [0.3, 0.4) is 0 Å². The minimum atomic E-state index is -3.11. The summed E-state index contributed by atoms with van der Waals surface area (Å²) in [5.41, 5.74) is 1.17. The second-order valence-electron chi connectivity index (χ2n) is 8.50. The standard InChI is InChI=1S/C23H36O4Si/c1-17(2)24-23(7,8)27-28(25-18(3)4,26-19(5)6)16-21-14-11-13-20-12-9-10-15-22(20)21/h9-15,17-19H,16H2,1-8H3. The van der Waals surface area contributed by atoms with Crippen LogP contribution in [0, 0.1) is 0 Å². The van der Waals surface area contributed by atoms with Crippen LogP contribution in [-0.2, 0) is 24.1 Å². The third-order valence-electron chi connectivity index (χ3n) is 4.04. The molecule has 0 saturated heterocycles. The fourth-order valence-corrected chi connectivity index (χ4v) is 6.96. The van der Waals surface area contributed by atoms with Crippen molar-refractivity contribution in [3.8, 4) is 0 Å². The van der Waals surface area contributed by atoms with Gasteiger partial charge in [-0.3, -0.25) is 0 Å². The molecule has 0 heterocycles. The SMILES string of the molecule is CC(C)OC(C)(C)O[Si](Cc1cccc2ccccc12)(OC(C)C)OC(C)C. The zero-order valence-corrected chi connectivity index (χ0v) is 19.6. The highest BCUT2D eigenvalue weighted by molar-refractivity contribution is 6.60. The summed E-state index contributed by atoms with van der Waals surface area (Å²) in [6, 6.07) is 15.3. The van der Waals surface area contributed by atoms with Gasteiger partial charge in [0.1, 0.15) is 0 Å². The van der Waals surface area contributed by atoms with E-state index in [2.05, 4.69) is 42.5 Å². The van der Waals surface area contributed by atoms with Crippen molar-refractivity contribution in [2.24, 2.45) is 0 Å². The predicted octanol–water partition coefficient (Wildman–Crippen LogP) is 5.89. The molecule has 2 rings (SSSR count). The Labute approximate surface area is 171 Å². The summed E-state index contributed by atoms with van der Waals surface area (Å²) in [6.07, 6.45) is 0.00263. The van der Waals surface area contributed by atoms with E-state index in [-0.39, 0.29) is 18.3 Å². The van der Waals surface area contributed by atoms with E-state index in [9.17, 15) is 0 Å². The van der Waals surface area contributed by atoms with Crippen molar-refractivity contribution >= 4 is 19.6 Å². The summed E-state index contributed by atoms with van der Waals surface area (Å²) < 4.78 is 25.5. The second-order valence-corrected chi connectivity index (χ2v) is 10.9. The van der Waals surface area contributed by atoms with Crippen molar-refractivity contribution in [3.63, 3.8) is 0 Å². The molecule has 2 aromatic carbocycles. The molecule has 0 aliphatic carbocycles. The molecule has 4 nitrogen and oxygen atoms in total. The zero-order chi connectivity index (χ0) is 20.9. The predicted molar refractivity (Wildman–Crippen MR) is 117 cm³/mol. The topological polar surface area (TPSA) is 36.9 Å². The molecule has 0 spiro atoms. The molecule has 0 saturated carbocycles. The lowest BCUT2D eigenvalue weighted by Crippen LogP contribution is -2.56. The van der Waals surface area contributed by atoms with Crippen LogP contribution in [0.2, 0.25) is 0 Å². The molecule has 0 atom stereocenters. The van der Waals surface area contributed by atoms with Crippen molar-refractivity contribution in [2.75, 3.05) is 0 Å². The summed E-state index contributed by atoms with van der Waals surface area (Å²) in [5.74, 6) is -0.811. The highest BCUT2D eigenvalue weighted by Gasteiger charge is 2.48. The minimum Gasteiger partial charge on any atom is -0.371 e. The van der Waals surface area contributed by atoms with E-state index >= 15 is 0 Å². The summed E-state index contributed by atoms with van der Waals surface area (Å²) in [4.78, 5) is 0. The molecule has 0 bridgehead atoms. The lowest BCUT2D eigenvalue weighted by molar-refractivity contribution is -0.209. The van der Waals surface area contributed by atoms with Gasteiger partial charge >= 0.3 is 8.80 Å². The number of hydrogen-bond donors (Lipinski definition) is 0. The van der Waals surface area contributed by atoms with Gasteiger partial charge in [0.05, 0.1) is 6.10 Å². The Morgan fingerprint density at radius 3 is 1.93 bits per heavy atom. The van der Waals surface area contributed by atoms with Gasteiger partial charge in [0.25, 0.3) is 0 Å². The first-order valence-corrected chi connectivity index (χ1v) is 12.2. The first-order valence-electron chi connectivity index (χ1n) is 10.2. The molecule has 0 aromatic heterocycles. The van der Waals surface area contributed by atoms with Crippen LogP contribution in [-0.4, -0.2) is 32.9 Å². The smallest absolute Gasteiger partial charge is 0.371 e. The number of ether oxygens (including phenoxy) is 1. The Balaban J connectivity index is 2.48. The largest absolute Gasteiger partial charge is 0.508 e.